The summed E-state index contributed by atoms with van der Waals surface area (Å²) >= 11 is 0. The van der Waals surface area contributed by atoms with Crippen LogP contribution in [0.25, 0.3) is 0 Å². The highest BCUT2D eigenvalue weighted by molar-refractivity contribution is 7.11. The molecule has 23 heavy (non-hydrogen) atoms. The Morgan fingerprint density at radius 2 is 1.30 bits per heavy atom. The van der Waals surface area contributed by atoms with E-state index in [0.29, 0.717) is 11.8 Å². The van der Waals surface area contributed by atoms with Crippen LogP contribution in [0.1, 0.15) is 10.4 Å². The Kier molecular flexibility index (Phi) is 4.13. The van der Waals surface area contributed by atoms with Crippen molar-refractivity contribution in [2.45, 2.75) is 6.55 Å². The van der Waals surface area contributed by atoms with E-state index in [1.54, 1.807) is 6.07 Å². The van der Waals surface area contributed by atoms with Crippen molar-refractivity contribution < 1.29 is 9.90 Å². The van der Waals surface area contributed by atoms with Crippen molar-refractivity contribution in [3.05, 3.63) is 84.4 Å². The van der Waals surface area contributed by atoms with E-state index in [1.807, 2.05) is 48.5 Å². The van der Waals surface area contributed by atoms with Crippen LogP contribution >= 0.6 is 0 Å². The summed E-state index contributed by atoms with van der Waals surface area (Å²) in [6.07, 6.45) is 0.712. The summed E-state index contributed by atoms with van der Waals surface area (Å²) in [6.45, 7) is 2.21. The van der Waals surface area contributed by atoms with Crippen molar-refractivity contribution >= 4 is 29.9 Å². The summed E-state index contributed by atoms with van der Waals surface area (Å²) in [5.41, 5.74) is 0.341. The molecule has 0 aliphatic rings. The number of carbonyl (C=O) groups excluding carboxylic acids is 1. The van der Waals surface area contributed by atoms with E-state index in [0.717, 1.165) is 5.19 Å². The van der Waals surface area contributed by atoms with Crippen molar-refractivity contribution in [1.82, 2.24) is 0 Å². The van der Waals surface area contributed by atoms with E-state index >= 15 is 0 Å². The van der Waals surface area contributed by atoms with Gasteiger partial charge in [-0.25, -0.2) is 0 Å². The molecule has 0 atom stereocenters. The number of rotatable bonds is 4. The molecule has 0 amide bonds. The van der Waals surface area contributed by atoms with Gasteiger partial charge in [0.2, 0.25) is 0 Å². The van der Waals surface area contributed by atoms with Crippen LogP contribution in [0, 0.1) is 0 Å². The maximum Gasteiger partial charge on any atom is 0.153 e. The largest absolute Gasteiger partial charge is 0.507 e. The molecule has 3 aromatic rings. The van der Waals surface area contributed by atoms with E-state index in [1.165, 1.54) is 10.4 Å². The van der Waals surface area contributed by atoms with Crippen LogP contribution in [0.5, 0.6) is 5.75 Å². The molecule has 0 fully saturated rings. The Bertz CT molecular complexity index is 774. The maximum absolute atomic E-state index is 11.2. The molecule has 2 nitrogen and oxygen atoms in total. The first-order valence-electron chi connectivity index (χ1n) is 7.56. The van der Waals surface area contributed by atoms with Crippen molar-refractivity contribution in [2.24, 2.45) is 0 Å². The Morgan fingerprint density at radius 1 is 0.783 bits per heavy atom. The first-order valence-corrected chi connectivity index (χ1v) is 10.1. The van der Waals surface area contributed by atoms with Gasteiger partial charge in [0.05, 0.1) is 5.56 Å². The number of phenolic OH excluding ortho intramolecular Hbond substituents is 1. The molecule has 3 heteroatoms. The summed E-state index contributed by atoms with van der Waals surface area (Å²) in [4.78, 5) is 11.2. The van der Waals surface area contributed by atoms with E-state index < -0.39 is 8.07 Å². The van der Waals surface area contributed by atoms with Crippen molar-refractivity contribution in [3.63, 3.8) is 0 Å². The lowest BCUT2D eigenvalue weighted by Gasteiger charge is -2.30. The normalized spacial score (nSPS) is 11.2. The average Bonchev–Trinajstić information content (AvgIpc) is 2.63. The molecule has 0 spiro atoms. The fourth-order valence-electron chi connectivity index (χ4n) is 3.08. The summed E-state index contributed by atoms with van der Waals surface area (Å²) in [5, 5.41) is 13.9. The molecule has 114 valence electrons. The van der Waals surface area contributed by atoms with Gasteiger partial charge in [-0.15, -0.1) is 0 Å². The molecule has 3 aromatic carbocycles. The maximum atomic E-state index is 11.2. The Labute approximate surface area is 137 Å². The summed E-state index contributed by atoms with van der Waals surface area (Å²) in [5.74, 6) is 0.101. The zero-order chi connectivity index (χ0) is 16.3. The fourth-order valence-corrected chi connectivity index (χ4v) is 6.80. The third-order valence-corrected chi connectivity index (χ3v) is 8.89. The van der Waals surface area contributed by atoms with Gasteiger partial charge in [-0.2, -0.15) is 0 Å². The van der Waals surface area contributed by atoms with Gasteiger partial charge >= 0.3 is 0 Å². The minimum absolute atomic E-state index is 0.101. The van der Waals surface area contributed by atoms with E-state index in [9.17, 15) is 9.90 Å². The number of para-hydroxylation sites is 1. The summed E-state index contributed by atoms with van der Waals surface area (Å²) < 4.78 is 0. The summed E-state index contributed by atoms with van der Waals surface area (Å²) in [6, 6.07) is 25.9. The highest BCUT2D eigenvalue weighted by Crippen LogP contribution is 2.17. The Morgan fingerprint density at radius 3 is 1.78 bits per heavy atom. The van der Waals surface area contributed by atoms with Crippen LogP contribution < -0.4 is 15.6 Å². The standard InChI is InChI=1S/C20H18O2Si/c1-23(17-10-4-2-5-11-17,18-12-6-3-7-13-18)19-14-8-9-16(15-21)20(19)22/h2-15,22H,1H3. The van der Waals surface area contributed by atoms with Gasteiger partial charge in [-0.3, -0.25) is 4.79 Å². The van der Waals surface area contributed by atoms with E-state index in [-0.39, 0.29) is 5.75 Å². The third-order valence-electron chi connectivity index (χ3n) is 4.44. The minimum atomic E-state index is -2.38. The lowest BCUT2D eigenvalue weighted by molar-refractivity contribution is 0.112. The predicted molar refractivity (Wildman–Crippen MR) is 96.9 cm³/mol. The number of carbonyl (C=O) groups is 1. The molecule has 0 radical (unpaired) electrons. The molecule has 0 saturated heterocycles. The quantitative estimate of drug-likeness (QED) is 0.455. The van der Waals surface area contributed by atoms with Crippen molar-refractivity contribution in [2.75, 3.05) is 0 Å². The van der Waals surface area contributed by atoms with Crippen LogP contribution in [0.3, 0.4) is 0 Å². The lowest BCUT2D eigenvalue weighted by atomic mass is 10.2. The Hall–Kier alpha value is -2.65. The topological polar surface area (TPSA) is 37.3 Å². The van der Waals surface area contributed by atoms with Crippen LogP contribution in [-0.4, -0.2) is 19.5 Å². The van der Waals surface area contributed by atoms with Crippen LogP contribution in [0.2, 0.25) is 6.55 Å². The number of benzene rings is 3. The van der Waals surface area contributed by atoms with E-state index in [2.05, 4.69) is 30.8 Å². The number of hydrogen-bond acceptors (Lipinski definition) is 2. The zero-order valence-corrected chi connectivity index (χ0v) is 13.9. The smallest absolute Gasteiger partial charge is 0.153 e. The highest BCUT2D eigenvalue weighted by Gasteiger charge is 2.36. The first kappa shape index (κ1) is 15.3. The molecule has 0 aliphatic carbocycles. The van der Waals surface area contributed by atoms with E-state index in [4.69, 9.17) is 0 Å². The number of aldehydes is 1. The fraction of sp³-hybridized carbons (Fsp3) is 0.0500. The molecule has 0 unspecified atom stereocenters. The zero-order valence-electron chi connectivity index (χ0n) is 12.9. The second-order valence-electron chi connectivity index (χ2n) is 5.72. The number of phenols is 1. The second kappa shape index (κ2) is 6.22. The molecular weight excluding hydrogens is 300 g/mol. The highest BCUT2D eigenvalue weighted by atomic mass is 28.3. The molecule has 3 rings (SSSR count). The number of hydrogen-bond donors (Lipinski definition) is 1. The lowest BCUT2D eigenvalue weighted by Crippen LogP contribution is -2.64. The number of aromatic hydroxyl groups is 1. The molecule has 1 N–H and O–H groups in total. The van der Waals surface area contributed by atoms with Gasteiger partial charge < -0.3 is 5.11 Å². The molecule has 0 aromatic heterocycles. The molecule has 0 heterocycles. The predicted octanol–water partition coefficient (Wildman–Crippen LogP) is 2.30. The SMILES string of the molecule is C[Si](c1ccccc1)(c1ccccc1)c1cccc(C=O)c1O. The molecule has 0 bridgehead atoms. The first-order chi connectivity index (χ1) is 11.2. The van der Waals surface area contributed by atoms with Gasteiger partial charge in [0, 0.05) is 0 Å². The van der Waals surface area contributed by atoms with Gasteiger partial charge in [0.15, 0.2) is 6.29 Å². The van der Waals surface area contributed by atoms with Gasteiger partial charge in [-0.1, -0.05) is 79.3 Å². The summed E-state index contributed by atoms with van der Waals surface area (Å²) in [7, 11) is -2.38. The van der Waals surface area contributed by atoms with Crippen molar-refractivity contribution in [3.8, 4) is 5.75 Å². The molecular formula is C20H18O2Si. The van der Waals surface area contributed by atoms with Crippen molar-refractivity contribution in [1.29, 1.82) is 0 Å². The van der Waals surface area contributed by atoms with Crippen LogP contribution in [-0.2, 0) is 0 Å². The molecule has 0 saturated carbocycles. The van der Waals surface area contributed by atoms with Gasteiger partial charge in [0.1, 0.15) is 13.8 Å². The van der Waals surface area contributed by atoms with Crippen LogP contribution in [0.4, 0.5) is 0 Å². The monoisotopic (exact) mass is 318 g/mol. The second-order valence-corrected chi connectivity index (χ2v) is 9.66. The van der Waals surface area contributed by atoms with Gasteiger partial charge in [-0.05, 0) is 21.6 Å². The molecule has 0 aliphatic heterocycles. The third kappa shape index (κ3) is 2.60. The van der Waals surface area contributed by atoms with Crippen LogP contribution in [0.15, 0.2) is 78.9 Å². The van der Waals surface area contributed by atoms with Gasteiger partial charge in [0.25, 0.3) is 0 Å². The Balaban J connectivity index is 2.32. The minimum Gasteiger partial charge on any atom is -0.507 e. The average molecular weight is 318 g/mol.